The molecule has 2 atom stereocenters. The largest absolute Gasteiger partial charge is 0.504 e. The van der Waals surface area contributed by atoms with Crippen LogP contribution in [0.3, 0.4) is 0 Å². The van der Waals surface area contributed by atoms with E-state index in [1.54, 1.807) is 26.2 Å². The molecule has 0 aliphatic heterocycles. The molecule has 0 saturated heterocycles. The number of ether oxygens (including phenoxy) is 3. The molecule has 0 fully saturated rings. The van der Waals surface area contributed by atoms with E-state index in [1.807, 2.05) is 6.07 Å². The Morgan fingerprint density at radius 2 is 1.63 bits per heavy atom. The van der Waals surface area contributed by atoms with Crippen LogP contribution in [0.4, 0.5) is 0 Å². The Morgan fingerprint density at radius 1 is 1.00 bits per heavy atom. The second-order valence-electron chi connectivity index (χ2n) is 6.26. The number of methoxy groups -OCH3 is 3. The molecule has 0 saturated carbocycles. The van der Waals surface area contributed by atoms with E-state index in [9.17, 15) is 14.7 Å². The normalized spacial score (nSPS) is 12.8. The first kappa shape index (κ1) is 20.3. The number of Topliss-reactive ketones (excluding diaryl/α,β-unsaturated/α-hetero) is 1. The summed E-state index contributed by atoms with van der Waals surface area (Å²) in [4.78, 5) is 23.9. The van der Waals surface area contributed by atoms with E-state index in [-0.39, 0.29) is 17.3 Å². The topological polar surface area (TPSA) is 82.1 Å². The van der Waals surface area contributed by atoms with Gasteiger partial charge >= 0.3 is 0 Å². The van der Waals surface area contributed by atoms with Crippen molar-refractivity contribution in [1.29, 1.82) is 0 Å². The lowest BCUT2D eigenvalue weighted by molar-refractivity contribution is -0.120. The molecule has 0 aliphatic rings. The van der Waals surface area contributed by atoms with Gasteiger partial charge in [-0.3, -0.25) is 9.59 Å². The zero-order valence-corrected chi connectivity index (χ0v) is 16.1. The van der Waals surface area contributed by atoms with Crippen LogP contribution < -0.4 is 14.2 Å². The summed E-state index contributed by atoms with van der Waals surface area (Å²) in [7, 11) is 4.48. The van der Waals surface area contributed by atoms with Crippen LogP contribution in [0, 0.1) is 5.92 Å². The fraction of sp³-hybridized carbons (Fsp3) is 0.333. The van der Waals surface area contributed by atoms with Crippen LogP contribution in [-0.2, 0) is 4.79 Å². The van der Waals surface area contributed by atoms with Crippen LogP contribution in [0.1, 0.15) is 41.3 Å². The Hall–Kier alpha value is -3.02. The molecule has 0 heterocycles. The van der Waals surface area contributed by atoms with E-state index in [0.717, 1.165) is 5.56 Å². The average molecular weight is 372 g/mol. The van der Waals surface area contributed by atoms with Gasteiger partial charge < -0.3 is 19.3 Å². The van der Waals surface area contributed by atoms with Gasteiger partial charge in [0, 0.05) is 17.4 Å². The van der Waals surface area contributed by atoms with Crippen LogP contribution in [0.15, 0.2) is 30.3 Å². The molecule has 1 N–H and O–H groups in total. The predicted molar refractivity (Wildman–Crippen MR) is 101 cm³/mol. The molecule has 2 aromatic rings. The SMILES string of the molecule is COc1cc(C=O)c([C@@H](c2ccc(OC)c(OC)c2)[C@H](C)C(C)=O)cc1O. The summed E-state index contributed by atoms with van der Waals surface area (Å²) in [5.74, 6) is 0.238. The van der Waals surface area contributed by atoms with Crippen molar-refractivity contribution in [1.82, 2.24) is 0 Å². The van der Waals surface area contributed by atoms with Gasteiger partial charge in [-0.05, 0) is 42.3 Å². The Morgan fingerprint density at radius 3 is 2.15 bits per heavy atom. The van der Waals surface area contributed by atoms with Crippen LogP contribution in [-0.4, -0.2) is 38.5 Å². The molecule has 0 amide bonds. The minimum Gasteiger partial charge on any atom is -0.504 e. The van der Waals surface area contributed by atoms with E-state index < -0.39 is 11.8 Å². The van der Waals surface area contributed by atoms with Gasteiger partial charge in [-0.2, -0.15) is 0 Å². The molecule has 27 heavy (non-hydrogen) atoms. The molecule has 0 bridgehead atoms. The zero-order valence-electron chi connectivity index (χ0n) is 16.1. The highest BCUT2D eigenvalue weighted by Crippen LogP contribution is 2.41. The maximum atomic E-state index is 12.2. The van der Waals surface area contributed by atoms with Gasteiger partial charge in [0.05, 0.1) is 21.3 Å². The van der Waals surface area contributed by atoms with Crippen molar-refractivity contribution in [3.05, 3.63) is 47.0 Å². The van der Waals surface area contributed by atoms with Crippen molar-refractivity contribution >= 4 is 12.1 Å². The van der Waals surface area contributed by atoms with E-state index in [1.165, 1.54) is 33.3 Å². The minimum absolute atomic E-state index is 0.0399. The number of phenols is 1. The molecule has 0 spiro atoms. The molecule has 6 heteroatoms. The van der Waals surface area contributed by atoms with Crippen molar-refractivity contribution in [2.24, 2.45) is 5.92 Å². The number of ketones is 1. The van der Waals surface area contributed by atoms with Gasteiger partial charge in [0.15, 0.2) is 23.0 Å². The Kier molecular flexibility index (Phi) is 6.45. The number of hydrogen-bond donors (Lipinski definition) is 1. The first-order valence-electron chi connectivity index (χ1n) is 8.46. The van der Waals surface area contributed by atoms with Gasteiger partial charge in [-0.15, -0.1) is 0 Å². The van der Waals surface area contributed by atoms with Gasteiger partial charge in [0.2, 0.25) is 0 Å². The van der Waals surface area contributed by atoms with Gasteiger partial charge in [0.25, 0.3) is 0 Å². The minimum atomic E-state index is -0.459. The highest BCUT2D eigenvalue weighted by atomic mass is 16.5. The number of benzene rings is 2. The molecule has 144 valence electrons. The molecular weight excluding hydrogens is 348 g/mol. The number of carbonyl (C=O) groups excluding carboxylic acids is 2. The van der Waals surface area contributed by atoms with E-state index >= 15 is 0 Å². The van der Waals surface area contributed by atoms with E-state index in [4.69, 9.17) is 14.2 Å². The van der Waals surface area contributed by atoms with Crippen molar-refractivity contribution in [2.45, 2.75) is 19.8 Å². The number of phenolic OH excluding ortho intramolecular Hbond substituents is 1. The molecule has 6 nitrogen and oxygen atoms in total. The molecule has 2 aromatic carbocycles. The van der Waals surface area contributed by atoms with Crippen LogP contribution in [0.5, 0.6) is 23.0 Å². The summed E-state index contributed by atoms with van der Waals surface area (Å²) in [6, 6.07) is 8.29. The summed E-state index contributed by atoms with van der Waals surface area (Å²) in [5, 5.41) is 10.2. The van der Waals surface area contributed by atoms with Crippen LogP contribution >= 0.6 is 0 Å². The van der Waals surface area contributed by atoms with Crippen LogP contribution in [0.2, 0.25) is 0 Å². The van der Waals surface area contributed by atoms with E-state index in [2.05, 4.69) is 0 Å². The lowest BCUT2D eigenvalue weighted by Crippen LogP contribution is -2.20. The Labute approximate surface area is 158 Å². The lowest BCUT2D eigenvalue weighted by atomic mass is 9.78. The fourth-order valence-electron chi connectivity index (χ4n) is 3.15. The first-order chi connectivity index (χ1) is 12.9. The number of hydrogen-bond acceptors (Lipinski definition) is 6. The molecule has 0 unspecified atom stereocenters. The van der Waals surface area contributed by atoms with Gasteiger partial charge in [-0.25, -0.2) is 0 Å². The Bertz CT molecular complexity index is 843. The number of carbonyl (C=O) groups is 2. The molecule has 0 radical (unpaired) electrons. The average Bonchev–Trinajstić information content (AvgIpc) is 2.67. The third-order valence-electron chi connectivity index (χ3n) is 4.75. The monoisotopic (exact) mass is 372 g/mol. The molecular formula is C21H24O6. The summed E-state index contributed by atoms with van der Waals surface area (Å²) < 4.78 is 15.7. The predicted octanol–water partition coefficient (Wildman–Crippen LogP) is 3.59. The summed E-state index contributed by atoms with van der Waals surface area (Å²) in [6.45, 7) is 3.29. The van der Waals surface area contributed by atoms with E-state index in [0.29, 0.717) is 28.9 Å². The zero-order chi connectivity index (χ0) is 20.1. The number of rotatable bonds is 8. The maximum absolute atomic E-state index is 12.2. The van der Waals surface area contributed by atoms with Gasteiger partial charge in [0.1, 0.15) is 12.1 Å². The Balaban J connectivity index is 2.72. The molecule has 0 aliphatic carbocycles. The summed E-state index contributed by atoms with van der Waals surface area (Å²) in [5.41, 5.74) is 1.65. The second kappa shape index (κ2) is 8.58. The summed E-state index contributed by atoms with van der Waals surface area (Å²) >= 11 is 0. The van der Waals surface area contributed by atoms with Crippen LogP contribution in [0.25, 0.3) is 0 Å². The van der Waals surface area contributed by atoms with Crippen molar-refractivity contribution in [2.75, 3.05) is 21.3 Å². The first-order valence-corrected chi connectivity index (χ1v) is 8.46. The maximum Gasteiger partial charge on any atom is 0.161 e. The third-order valence-corrected chi connectivity index (χ3v) is 4.75. The quantitative estimate of drug-likeness (QED) is 0.713. The number of aromatic hydroxyl groups is 1. The smallest absolute Gasteiger partial charge is 0.161 e. The standard InChI is InChI=1S/C21H24O6/c1-12(13(2)23)21(14-6-7-18(25-3)20(8-14)27-5)16-10-17(24)19(26-4)9-15(16)11-22/h6-12,21,24H,1-5H3/t12-,21-/m1/s1. The van der Waals surface area contributed by atoms with Gasteiger partial charge in [-0.1, -0.05) is 13.0 Å². The second-order valence-corrected chi connectivity index (χ2v) is 6.26. The van der Waals surface area contributed by atoms with Crippen molar-refractivity contribution in [3.63, 3.8) is 0 Å². The highest BCUT2D eigenvalue weighted by Gasteiger charge is 2.29. The third kappa shape index (κ3) is 4.05. The van der Waals surface area contributed by atoms with Crippen molar-refractivity contribution < 1.29 is 28.9 Å². The highest BCUT2D eigenvalue weighted by molar-refractivity contribution is 5.83. The summed E-state index contributed by atoms with van der Waals surface area (Å²) in [6.07, 6.45) is 0.692. The number of aldehydes is 1. The van der Waals surface area contributed by atoms with Crippen molar-refractivity contribution in [3.8, 4) is 23.0 Å². The lowest BCUT2D eigenvalue weighted by Gasteiger charge is -2.26. The molecule has 0 aromatic heterocycles. The molecule has 2 rings (SSSR count). The fourth-order valence-corrected chi connectivity index (χ4v) is 3.15.